The molecule has 4 aromatic rings. The van der Waals surface area contributed by atoms with Crippen molar-refractivity contribution in [2.75, 3.05) is 0 Å². The Kier molecular flexibility index (Phi) is 10.7. The van der Waals surface area contributed by atoms with Crippen molar-refractivity contribution in [2.45, 2.75) is 37.5 Å². The molecule has 2 fully saturated rings. The number of hydrogen-bond donors (Lipinski definition) is 0. The first kappa shape index (κ1) is 32.2. The van der Waals surface area contributed by atoms with E-state index < -0.39 is 20.8 Å². The minimum absolute atomic E-state index is 0. The Hall–Kier alpha value is -2.18. The normalized spacial score (nSPS) is 25.3. The third-order valence-corrected chi connectivity index (χ3v) is 9.98. The van der Waals surface area contributed by atoms with E-state index in [1.165, 1.54) is 57.7 Å². The number of fused-ring (bicyclic) bond motifs is 4. The monoisotopic (exact) mass is 680 g/mol. The summed E-state index contributed by atoms with van der Waals surface area (Å²) in [5, 5.41) is 5.69. The molecule has 43 heavy (non-hydrogen) atoms. The van der Waals surface area contributed by atoms with Gasteiger partial charge in [-0.05, 0) is 104 Å². The Labute approximate surface area is 276 Å². The van der Waals surface area contributed by atoms with Crippen LogP contribution in [-0.2, 0) is 20.8 Å². The van der Waals surface area contributed by atoms with Gasteiger partial charge in [0.25, 0.3) is 0 Å². The van der Waals surface area contributed by atoms with E-state index in [1.807, 2.05) is 0 Å². The summed E-state index contributed by atoms with van der Waals surface area (Å²) in [7, 11) is 9.87. The third kappa shape index (κ3) is 6.47. The summed E-state index contributed by atoms with van der Waals surface area (Å²) >= 11 is -0.826. The second-order valence-electron chi connectivity index (χ2n) is 12.2. The first-order chi connectivity index (χ1) is 20.2. The molecule has 8 rings (SSSR count). The van der Waals surface area contributed by atoms with E-state index in [9.17, 15) is 0 Å². The van der Waals surface area contributed by atoms with E-state index in [2.05, 4.69) is 121 Å². The van der Waals surface area contributed by atoms with Gasteiger partial charge in [-0.3, -0.25) is 0 Å². The Balaban J connectivity index is 0.000000709. The summed E-state index contributed by atoms with van der Waals surface area (Å²) in [4.78, 5) is 0. The zero-order valence-corrected chi connectivity index (χ0v) is 29.1. The van der Waals surface area contributed by atoms with E-state index in [4.69, 9.17) is 17.0 Å². The fourth-order valence-corrected chi connectivity index (χ4v) is 8.23. The summed E-state index contributed by atoms with van der Waals surface area (Å²) in [6.45, 7) is 0. The van der Waals surface area contributed by atoms with E-state index in [-0.39, 0.29) is 14.9 Å². The molecule has 0 aromatic heterocycles. The molecule has 0 spiro atoms. The Morgan fingerprint density at radius 2 is 0.674 bits per heavy atom. The van der Waals surface area contributed by atoms with E-state index in [0.717, 1.165) is 0 Å². The number of halogens is 2. The molecule has 3 heteroatoms. The van der Waals surface area contributed by atoms with Crippen LogP contribution in [0.5, 0.6) is 0 Å². The number of benzene rings is 4. The van der Waals surface area contributed by atoms with E-state index in [1.54, 1.807) is 11.1 Å². The second-order valence-corrected chi connectivity index (χ2v) is 15.9. The summed E-state index contributed by atoms with van der Waals surface area (Å²) in [5.74, 6) is 3.84. The molecule has 0 nitrogen and oxygen atoms in total. The molecule has 4 unspecified atom stereocenters. The zero-order valence-electron chi connectivity index (χ0n) is 25.1. The molecule has 4 aliphatic carbocycles. The quantitative estimate of drug-likeness (QED) is 0.191. The van der Waals surface area contributed by atoms with Gasteiger partial charge in [0.05, 0.1) is 0 Å². The molecule has 0 aliphatic heterocycles. The summed E-state index contributed by atoms with van der Waals surface area (Å²) in [5.41, 5.74) is 6.05. The van der Waals surface area contributed by atoms with Crippen LogP contribution in [0.1, 0.15) is 48.6 Å². The molecule has 2 saturated carbocycles. The molecule has 4 aromatic carbocycles. The standard InChI is InChI=1S/C38H34.2CH3.2ClH.Zr/c1-2-10-26-18-30-22-33(21-29(30)17-25(26)9-1)35-13-5-7-15-37(35)38-16-8-6-14-36(38)34-23-31-19-27-11-3-4-12-28(27)20-32(31)24-34;;;;;/h1-20,29-34H,21-24H2;2*1H3;2*1H;/q;2*-1;;;+4/p-2. The average molecular weight is 683 g/mol. The van der Waals surface area contributed by atoms with Crippen molar-refractivity contribution in [2.24, 2.45) is 23.7 Å². The van der Waals surface area contributed by atoms with Crippen LogP contribution in [-0.4, -0.2) is 0 Å². The molecular weight excluding hydrogens is 643 g/mol. The second kappa shape index (κ2) is 14.3. The van der Waals surface area contributed by atoms with Gasteiger partial charge in [-0.2, -0.15) is 0 Å². The van der Waals surface area contributed by atoms with Crippen molar-refractivity contribution in [1.82, 2.24) is 0 Å². The third-order valence-electron chi connectivity index (χ3n) is 9.98. The van der Waals surface area contributed by atoms with Crippen molar-refractivity contribution in [3.8, 4) is 11.1 Å². The minimum atomic E-state index is -0.826. The van der Waals surface area contributed by atoms with Crippen molar-refractivity contribution < 1.29 is 20.8 Å². The van der Waals surface area contributed by atoms with Crippen LogP contribution in [0.2, 0.25) is 0 Å². The molecule has 0 radical (unpaired) electrons. The molecule has 0 N–H and O–H groups in total. The Bertz CT molecular complexity index is 1590. The number of rotatable bonds is 3. The Morgan fingerprint density at radius 1 is 0.419 bits per heavy atom. The summed E-state index contributed by atoms with van der Waals surface area (Å²) in [6, 6.07) is 36.5. The van der Waals surface area contributed by atoms with Gasteiger partial charge < -0.3 is 14.9 Å². The molecule has 4 aliphatic rings. The molecule has 0 amide bonds. The maximum atomic E-state index is 4.93. The van der Waals surface area contributed by atoms with Gasteiger partial charge in [-0.1, -0.05) is 121 Å². The van der Waals surface area contributed by atoms with Gasteiger partial charge in [0.1, 0.15) is 0 Å². The maximum absolute atomic E-state index is 4.93. The van der Waals surface area contributed by atoms with Crippen molar-refractivity contribution in [1.29, 1.82) is 0 Å². The SMILES string of the molecule is C1=c2ccccc2=CC2CC(c3ccccc3-c3ccccc3C3CC4C=c5ccccc5=CC4C3)CC12.[CH3-].[CH3-].[Cl][Zr+2][Cl]. The molecule has 4 atom stereocenters. The summed E-state index contributed by atoms with van der Waals surface area (Å²) in [6.07, 6.45) is 15.2. The first-order valence-electron chi connectivity index (χ1n) is 14.9. The van der Waals surface area contributed by atoms with Crippen molar-refractivity contribution in [3.63, 3.8) is 0 Å². The van der Waals surface area contributed by atoms with Crippen LogP contribution in [0.15, 0.2) is 97.1 Å². The molecule has 0 bridgehead atoms. The first-order valence-corrected chi connectivity index (χ1v) is 21.3. The van der Waals surface area contributed by atoms with E-state index in [0.29, 0.717) is 35.5 Å². The molecule has 0 heterocycles. The molecule has 0 saturated heterocycles. The van der Waals surface area contributed by atoms with Crippen LogP contribution < -0.4 is 20.9 Å². The zero-order chi connectivity index (χ0) is 27.8. The predicted molar refractivity (Wildman–Crippen MR) is 184 cm³/mol. The van der Waals surface area contributed by atoms with Gasteiger partial charge in [-0.15, -0.1) is 0 Å². The molecular formula is C40H40Cl2Zr. The van der Waals surface area contributed by atoms with Gasteiger partial charge in [0.2, 0.25) is 0 Å². The molecule has 218 valence electrons. The van der Waals surface area contributed by atoms with Crippen LogP contribution in [0.25, 0.3) is 35.4 Å². The van der Waals surface area contributed by atoms with Gasteiger partial charge in [0, 0.05) is 0 Å². The van der Waals surface area contributed by atoms with Gasteiger partial charge >= 0.3 is 37.9 Å². The van der Waals surface area contributed by atoms with Crippen molar-refractivity contribution in [3.05, 3.63) is 144 Å². The van der Waals surface area contributed by atoms with Crippen LogP contribution in [0, 0.1) is 38.5 Å². The fraction of sp³-hybridized carbons (Fsp3) is 0.250. The fourth-order valence-electron chi connectivity index (χ4n) is 8.23. The van der Waals surface area contributed by atoms with Crippen molar-refractivity contribution >= 4 is 41.3 Å². The van der Waals surface area contributed by atoms with E-state index >= 15 is 0 Å². The number of hydrogen-bond acceptors (Lipinski definition) is 0. The predicted octanol–water partition coefficient (Wildman–Crippen LogP) is 8.40. The van der Waals surface area contributed by atoms with Gasteiger partial charge in [-0.25, -0.2) is 0 Å². The van der Waals surface area contributed by atoms with Gasteiger partial charge in [0.15, 0.2) is 0 Å². The van der Waals surface area contributed by atoms with Crippen LogP contribution in [0.3, 0.4) is 0 Å². The average Bonchev–Trinajstić information content (AvgIpc) is 3.62. The summed E-state index contributed by atoms with van der Waals surface area (Å²) < 4.78 is 0. The topological polar surface area (TPSA) is 0 Å². The Morgan fingerprint density at radius 3 is 0.977 bits per heavy atom. The van der Waals surface area contributed by atoms with Crippen LogP contribution in [0.4, 0.5) is 0 Å². The van der Waals surface area contributed by atoms with Crippen LogP contribution >= 0.6 is 17.0 Å².